The SMILES string of the molecule is Oc1c(F)cc(OC(F)(F)F)cc1Br. The molecule has 0 heterocycles. The second-order valence-electron chi connectivity index (χ2n) is 2.28. The maximum atomic E-state index is 12.7. The normalized spacial score (nSPS) is 11.5. The molecule has 1 aromatic rings. The first-order valence-electron chi connectivity index (χ1n) is 3.23. The maximum Gasteiger partial charge on any atom is 0.573 e. The molecule has 0 fully saturated rings. The molecular formula is C7H3BrF4O2. The lowest BCUT2D eigenvalue weighted by Gasteiger charge is -2.09. The van der Waals surface area contributed by atoms with Gasteiger partial charge in [0.2, 0.25) is 0 Å². The smallest absolute Gasteiger partial charge is 0.504 e. The van der Waals surface area contributed by atoms with E-state index in [0.717, 1.165) is 6.07 Å². The number of phenolic OH excluding ortho intramolecular Hbond substituents is 1. The highest BCUT2D eigenvalue weighted by Crippen LogP contribution is 2.33. The van der Waals surface area contributed by atoms with Gasteiger partial charge in [-0.1, -0.05) is 0 Å². The Kier molecular flexibility index (Phi) is 2.89. The molecule has 0 spiro atoms. The van der Waals surface area contributed by atoms with Crippen LogP contribution >= 0.6 is 15.9 Å². The van der Waals surface area contributed by atoms with Crippen molar-refractivity contribution in [3.8, 4) is 11.5 Å². The van der Waals surface area contributed by atoms with Gasteiger partial charge in [0, 0.05) is 6.07 Å². The van der Waals surface area contributed by atoms with E-state index >= 15 is 0 Å². The minimum absolute atomic E-state index is 0.211. The molecule has 1 N–H and O–H groups in total. The predicted molar refractivity (Wildman–Crippen MR) is 42.4 cm³/mol. The predicted octanol–water partition coefficient (Wildman–Crippen LogP) is 3.19. The van der Waals surface area contributed by atoms with Gasteiger partial charge >= 0.3 is 6.36 Å². The molecule has 0 aliphatic carbocycles. The van der Waals surface area contributed by atoms with Crippen LogP contribution in [0.1, 0.15) is 0 Å². The number of rotatable bonds is 1. The molecule has 0 radical (unpaired) electrons. The van der Waals surface area contributed by atoms with Crippen molar-refractivity contribution in [2.75, 3.05) is 0 Å². The molecule has 0 bridgehead atoms. The summed E-state index contributed by atoms with van der Waals surface area (Å²) in [5.41, 5.74) is 0. The van der Waals surface area contributed by atoms with Crippen LogP contribution in [0.4, 0.5) is 17.6 Å². The monoisotopic (exact) mass is 274 g/mol. The van der Waals surface area contributed by atoms with Crippen molar-refractivity contribution >= 4 is 15.9 Å². The number of phenols is 1. The van der Waals surface area contributed by atoms with E-state index in [-0.39, 0.29) is 4.47 Å². The van der Waals surface area contributed by atoms with E-state index in [1.165, 1.54) is 0 Å². The lowest BCUT2D eigenvalue weighted by atomic mass is 10.3. The summed E-state index contributed by atoms with van der Waals surface area (Å²) < 4.78 is 51.0. The van der Waals surface area contributed by atoms with E-state index < -0.39 is 23.7 Å². The Morgan fingerprint density at radius 2 is 1.86 bits per heavy atom. The fourth-order valence-electron chi connectivity index (χ4n) is 0.735. The molecule has 1 aromatic carbocycles. The Morgan fingerprint density at radius 3 is 2.29 bits per heavy atom. The molecule has 2 nitrogen and oxygen atoms in total. The molecule has 0 atom stereocenters. The number of hydrogen-bond donors (Lipinski definition) is 1. The summed E-state index contributed by atoms with van der Waals surface area (Å²) in [6, 6.07) is 1.25. The zero-order valence-corrected chi connectivity index (χ0v) is 7.99. The minimum atomic E-state index is -4.89. The Balaban J connectivity index is 3.02. The molecule has 0 amide bonds. The topological polar surface area (TPSA) is 29.5 Å². The molecule has 14 heavy (non-hydrogen) atoms. The number of hydrogen-bond acceptors (Lipinski definition) is 2. The molecular weight excluding hydrogens is 272 g/mol. The largest absolute Gasteiger partial charge is 0.573 e. The zero-order valence-electron chi connectivity index (χ0n) is 6.40. The quantitative estimate of drug-likeness (QED) is 0.797. The lowest BCUT2D eigenvalue weighted by molar-refractivity contribution is -0.274. The zero-order chi connectivity index (χ0) is 10.9. The Hall–Kier alpha value is -0.980. The average molecular weight is 275 g/mol. The highest BCUT2D eigenvalue weighted by molar-refractivity contribution is 9.10. The van der Waals surface area contributed by atoms with Gasteiger partial charge in [-0.25, -0.2) is 4.39 Å². The van der Waals surface area contributed by atoms with Gasteiger partial charge in [0.15, 0.2) is 11.6 Å². The van der Waals surface area contributed by atoms with Gasteiger partial charge in [-0.2, -0.15) is 0 Å². The van der Waals surface area contributed by atoms with Crippen molar-refractivity contribution in [3.63, 3.8) is 0 Å². The summed E-state index contributed by atoms with van der Waals surface area (Å²) in [5.74, 6) is -2.70. The van der Waals surface area contributed by atoms with Gasteiger partial charge < -0.3 is 9.84 Å². The van der Waals surface area contributed by atoms with Crippen molar-refractivity contribution < 1.29 is 27.4 Å². The lowest BCUT2D eigenvalue weighted by Crippen LogP contribution is -2.17. The van der Waals surface area contributed by atoms with Crippen LogP contribution in [0.2, 0.25) is 0 Å². The van der Waals surface area contributed by atoms with Gasteiger partial charge in [0.1, 0.15) is 5.75 Å². The Morgan fingerprint density at radius 1 is 1.29 bits per heavy atom. The maximum absolute atomic E-state index is 12.7. The van der Waals surface area contributed by atoms with Crippen LogP contribution in [-0.2, 0) is 0 Å². The Labute approximate surface area is 84.2 Å². The van der Waals surface area contributed by atoms with E-state index in [9.17, 15) is 17.6 Å². The second-order valence-corrected chi connectivity index (χ2v) is 3.14. The average Bonchev–Trinajstić information content (AvgIpc) is 1.96. The van der Waals surface area contributed by atoms with Crippen LogP contribution in [0.25, 0.3) is 0 Å². The first-order valence-corrected chi connectivity index (χ1v) is 4.02. The first-order chi connectivity index (χ1) is 6.29. The van der Waals surface area contributed by atoms with Crippen molar-refractivity contribution in [1.82, 2.24) is 0 Å². The summed E-state index contributed by atoms with van der Waals surface area (Å²) in [6.07, 6.45) is -4.89. The van der Waals surface area contributed by atoms with Crippen molar-refractivity contribution in [2.24, 2.45) is 0 Å². The number of benzene rings is 1. The van der Waals surface area contributed by atoms with Crippen LogP contribution in [0.15, 0.2) is 16.6 Å². The third kappa shape index (κ3) is 2.76. The molecule has 0 aliphatic heterocycles. The molecule has 7 heteroatoms. The minimum Gasteiger partial charge on any atom is -0.504 e. The molecule has 0 aromatic heterocycles. The molecule has 0 aliphatic rings. The molecule has 1 rings (SSSR count). The number of alkyl halides is 3. The van der Waals surface area contributed by atoms with E-state index in [1.807, 2.05) is 0 Å². The van der Waals surface area contributed by atoms with Gasteiger partial charge in [-0.15, -0.1) is 13.2 Å². The van der Waals surface area contributed by atoms with E-state index in [4.69, 9.17) is 5.11 Å². The second kappa shape index (κ2) is 3.64. The van der Waals surface area contributed by atoms with Crippen molar-refractivity contribution in [3.05, 3.63) is 22.4 Å². The summed E-state index contributed by atoms with van der Waals surface area (Å²) in [4.78, 5) is 0. The van der Waals surface area contributed by atoms with Crippen molar-refractivity contribution in [2.45, 2.75) is 6.36 Å². The number of aromatic hydroxyl groups is 1. The highest BCUT2D eigenvalue weighted by atomic mass is 79.9. The third-order valence-electron chi connectivity index (χ3n) is 1.22. The van der Waals surface area contributed by atoms with Gasteiger partial charge in [0.05, 0.1) is 4.47 Å². The summed E-state index contributed by atoms with van der Waals surface area (Å²) >= 11 is 2.67. The van der Waals surface area contributed by atoms with Gasteiger partial charge in [-0.05, 0) is 22.0 Å². The fourth-order valence-corrected chi connectivity index (χ4v) is 1.15. The van der Waals surface area contributed by atoms with Crippen molar-refractivity contribution in [1.29, 1.82) is 0 Å². The van der Waals surface area contributed by atoms with Crippen LogP contribution in [0.3, 0.4) is 0 Å². The standard InChI is InChI=1S/C7H3BrF4O2/c8-4-1-3(14-7(10,11)12)2-5(9)6(4)13/h1-2,13H. The molecule has 0 saturated heterocycles. The number of halogens is 5. The van der Waals surface area contributed by atoms with E-state index in [2.05, 4.69) is 20.7 Å². The summed E-state index contributed by atoms with van der Waals surface area (Å²) in [5, 5.41) is 8.87. The third-order valence-corrected chi connectivity index (χ3v) is 1.83. The Bertz CT molecular complexity index is 327. The summed E-state index contributed by atoms with van der Waals surface area (Å²) in [7, 11) is 0. The van der Waals surface area contributed by atoms with Gasteiger partial charge in [-0.3, -0.25) is 0 Å². The molecule has 78 valence electrons. The highest BCUT2D eigenvalue weighted by Gasteiger charge is 2.31. The van der Waals surface area contributed by atoms with E-state index in [0.29, 0.717) is 6.07 Å². The van der Waals surface area contributed by atoms with Crippen LogP contribution in [-0.4, -0.2) is 11.5 Å². The van der Waals surface area contributed by atoms with Crippen LogP contribution in [0, 0.1) is 5.82 Å². The van der Waals surface area contributed by atoms with Crippen LogP contribution in [0.5, 0.6) is 11.5 Å². The fraction of sp³-hybridized carbons (Fsp3) is 0.143. The number of ether oxygens (including phenoxy) is 1. The molecule has 0 unspecified atom stereocenters. The molecule has 0 saturated carbocycles. The summed E-state index contributed by atoms with van der Waals surface area (Å²) in [6.45, 7) is 0. The van der Waals surface area contributed by atoms with Gasteiger partial charge in [0.25, 0.3) is 0 Å². The van der Waals surface area contributed by atoms with Crippen LogP contribution < -0.4 is 4.74 Å². The first kappa shape index (κ1) is 11.1. The van der Waals surface area contributed by atoms with E-state index in [1.54, 1.807) is 0 Å².